The first kappa shape index (κ1) is 12.0. The second kappa shape index (κ2) is 5.23. The summed E-state index contributed by atoms with van der Waals surface area (Å²) < 4.78 is 10.5. The van der Waals surface area contributed by atoms with Crippen LogP contribution in [-0.2, 0) is 0 Å². The highest BCUT2D eigenvalue weighted by atomic mass is 16.5. The molecule has 1 aliphatic carbocycles. The number of allylic oxidation sites excluding steroid dienone is 1. The Morgan fingerprint density at radius 1 is 1.18 bits per heavy atom. The van der Waals surface area contributed by atoms with E-state index in [0.29, 0.717) is 0 Å². The molecule has 2 N–H and O–H groups in total. The van der Waals surface area contributed by atoms with Gasteiger partial charge < -0.3 is 15.2 Å². The van der Waals surface area contributed by atoms with E-state index < -0.39 is 0 Å². The Morgan fingerprint density at radius 2 is 1.94 bits per heavy atom. The van der Waals surface area contributed by atoms with Crippen molar-refractivity contribution in [2.75, 3.05) is 14.2 Å². The van der Waals surface area contributed by atoms with Crippen LogP contribution in [0.4, 0.5) is 0 Å². The van der Waals surface area contributed by atoms with Crippen molar-refractivity contribution in [3.05, 3.63) is 29.8 Å². The molecule has 0 aliphatic heterocycles. The molecule has 3 nitrogen and oxygen atoms in total. The summed E-state index contributed by atoms with van der Waals surface area (Å²) in [6.07, 6.45) is 5.48. The van der Waals surface area contributed by atoms with Crippen LogP contribution in [0.1, 0.15) is 24.8 Å². The first-order valence-corrected chi connectivity index (χ1v) is 5.93. The maximum absolute atomic E-state index is 5.96. The summed E-state index contributed by atoms with van der Waals surface area (Å²) in [4.78, 5) is 0. The minimum absolute atomic E-state index is 0.187. The van der Waals surface area contributed by atoms with Gasteiger partial charge in [-0.05, 0) is 42.5 Å². The molecule has 0 saturated carbocycles. The van der Waals surface area contributed by atoms with Gasteiger partial charge in [-0.15, -0.1) is 0 Å². The summed E-state index contributed by atoms with van der Waals surface area (Å²) in [7, 11) is 3.30. The van der Waals surface area contributed by atoms with E-state index in [9.17, 15) is 0 Å². The van der Waals surface area contributed by atoms with Crippen LogP contribution in [0, 0.1) is 0 Å². The zero-order valence-corrected chi connectivity index (χ0v) is 10.4. The molecule has 3 heteroatoms. The van der Waals surface area contributed by atoms with Crippen molar-refractivity contribution in [3.63, 3.8) is 0 Å². The van der Waals surface area contributed by atoms with E-state index in [-0.39, 0.29) is 6.04 Å². The van der Waals surface area contributed by atoms with Gasteiger partial charge in [-0.3, -0.25) is 0 Å². The molecule has 0 amide bonds. The number of benzene rings is 1. The molecule has 0 spiro atoms. The average Bonchev–Trinajstić information content (AvgIpc) is 2.38. The third kappa shape index (κ3) is 2.61. The van der Waals surface area contributed by atoms with Crippen molar-refractivity contribution in [3.8, 4) is 11.5 Å². The summed E-state index contributed by atoms with van der Waals surface area (Å²) in [5, 5.41) is 0. The molecule has 0 fully saturated rings. The summed E-state index contributed by atoms with van der Waals surface area (Å²) in [5.41, 5.74) is 8.45. The molecule has 0 radical (unpaired) electrons. The second-order valence-corrected chi connectivity index (χ2v) is 4.32. The minimum Gasteiger partial charge on any atom is -0.493 e. The van der Waals surface area contributed by atoms with Gasteiger partial charge in [0, 0.05) is 6.04 Å². The van der Waals surface area contributed by atoms with Gasteiger partial charge in [0.2, 0.25) is 0 Å². The Morgan fingerprint density at radius 3 is 2.59 bits per heavy atom. The molecule has 2 rings (SSSR count). The van der Waals surface area contributed by atoms with Gasteiger partial charge in [0.25, 0.3) is 0 Å². The van der Waals surface area contributed by atoms with Crippen LogP contribution >= 0.6 is 0 Å². The van der Waals surface area contributed by atoms with Crippen molar-refractivity contribution in [1.82, 2.24) is 0 Å². The summed E-state index contributed by atoms with van der Waals surface area (Å²) in [5.74, 6) is 1.53. The Balaban J connectivity index is 2.33. The molecule has 92 valence electrons. The standard InChI is InChI=1S/C14H19NO2/c1-16-13-7-6-11(9-14(13)17-2)10-4-3-5-12(15)8-10/h6-9,12H,3-5,15H2,1-2H3. The largest absolute Gasteiger partial charge is 0.493 e. The lowest BCUT2D eigenvalue weighted by molar-refractivity contribution is 0.355. The first-order valence-electron chi connectivity index (χ1n) is 5.93. The van der Waals surface area contributed by atoms with Crippen LogP contribution < -0.4 is 15.2 Å². The van der Waals surface area contributed by atoms with Gasteiger partial charge in [0.1, 0.15) is 0 Å². The van der Waals surface area contributed by atoms with Gasteiger partial charge in [0.15, 0.2) is 11.5 Å². The van der Waals surface area contributed by atoms with Crippen LogP contribution in [0.25, 0.3) is 5.57 Å². The quantitative estimate of drug-likeness (QED) is 0.872. The number of nitrogens with two attached hydrogens (primary N) is 1. The number of ether oxygens (including phenoxy) is 2. The molecule has 0 aromatic heterocycles. The maximum Gasteiger partial charge on any atom is 0.161 e. The van der Waals surface area contributed by atoms with Gasteiger partial charge in [-0.1, -0.05) is 12.1 Å². The van der Waals surface area contributed by atoms with Crippen molar-refractivity contribution >= 4 is 5.57 Å². The van der Waals surface area contributed by atoms with Crippen molar-refractivity contribution in [1.29, 1.82) is 0 Å². The van der Waals surface area contributed by atoms with E-state index in [1.54, 1.807) is 14.2 Å². The zero-order chi connectivity index (χ0) is 12.3. The van der Waals surface area contributed by atoms with E-state index >= 15 is 0 Å². The van der Waals surface area contributed by atoms with Gasteiger partial charge in [-0.2, -0.15) is 0 Å². The molecule has 17 heavy (non-hydrogen) atoms. The predicted octanol–water partition coefficient (Wildman–Crippen LogP) is 2.60. The summed E-state index contributed by atoms with van der Waals surface area (Å²) >= 11 is 0. The Bertz CT molecular complexity index is 426. The smallest absolute Gasteiger partial charge is 0.161 e. The lowest BCUT2D eigenvalue weighted by atomic mass is 9.91. The van der Waals surface area contributed by atoms with Gasteiger partial charge in [0.05, 0.1) is 14.2 Å². The van der Waals surface area contributed by atoms with E-state index in [0.717, 1.165) is 30.8 Å². The van der Waals surface area contributed by atoms with Crippen molar-refractivity contribution < 1.29 is 9.47 Å². The lowest BCUT2D eigenvalue weighted by Gasteiger charge is -2.19. The fourth-order valence-corrected chi connectivity index (χ4v) is 2.23. The fraction of sp³-hybridized carbons (Fsp3) is 0.429. The highest BCUT2D eigenvalue weighted by Gasteiger charge is 2.13. The van der Waals surface area contributed by atoms with Gasteiger partial charge >= 0.3 is 0 Å². The van der Waals surface area contributed by atoms with Crippen LogP contribution in [-0.4, -0.2) is 20.3 Å². The molecule has 1 atom stereocenters. The first-order chi connectivity index (χ1) is 8.24. The molecule has 1 aliphatic rings. The van der Waals surface area contributed by atoms with Crippen molar-refractivity contribution in [2.24, 2.45) is 5.73 Å². The van der Waals surface area contributed by atoms with E-state index in [1.165, 1.54) is 11.1 Å². The second-order valence-electron chi connectivity index (χ2n) is 4.32. The number of hydrogen-bond acceptors (Lipinski definition) is 3. The van der Waals surface area contributed by atoms with Crippen LogP contribution in [0.3, 0.4) is 0 Å². The lowest BCUT2D eigenvalue weighted by Crippen LogP contribution is -2.19. The van der Waals surface area contributed by atoms with E-state index in [1.807, 2.05) is 12.1 Å². The predicted molar refractivity (Wildman–Crippen MR) is 69.3 cm³/mol. The molecule has 0 heterocycles. The summed E-state index contributed by atoms with van der Waals surface area (Å²) in [6, 6.07) is 6.20. The van der Waals surface area contributed by atoms with E-state index in [2.05, 4.69) is 12.1 Å². The number of rotatable bonds is 3. The molecule has 0 saturated heterocycles. The van der Waals surface area contributed by atoms with Crippen molar-refractivity contribution in [2.45, 2.75) is 25.3 Å². The average molecular weight is 233 g/mol. The highest BCUT2D eigenvalue weighted by Crippen LogP contribution is 2.33. The van der Waals surface area contributed by atoms with E-state index in [4.69, 9.17) is 15.2 Å². The Hall–Kier alpha value is -1.48. The van der Waals surface area contributed by atoms with Crippen LogP contribution in [0.15, 0.2) is 24.3 Å². The van der Waals surface area contributed by atoms with Gasteiger partial charge in [-0.25, -0.2) is 0 Å². The molecular weight excluding hydrogens is 214 g/mol. The monoisotopic (exact) mass is 233 g/mol. The number of methoxy groups -OCH3 is 2. The maximum atomic E-state index is 5.96. The topological polar surface area (TPSA) is 44.5 Å². The molecule has 1 unspecified atom stereocenters. The SMILES string of the molecule is COc1ccc(C2=CC(N)CCC2)cc1OC. The van der Waals surface area contributed by atoms with Crippen LogP contribution in [0.5, 0.6) is 11.5 Å². The third-order valence-electron chi connectivity index (χ3n) is 3.15. The molecule has 0 bridgehead atoms. The fourth-order valence-electron chi connectivity index (χ4n) is 2.23. The summed E-state index contributed by atoms with van der Waals surface area (Å²) in [6.45, 7) is 0. The minimum atomic E-state index is 0.187. The third-order valence-corrected chi connectivity index (χ3v) is 3.15. The molecule has 1 aromatic carbocycles. The molecule has 1 aromatic rings. The zero-order valence-electron chi connectivity index (χ0n) is 10.4. The normalized spacial score (nSPS) is 19.7. The Labute approximate surface area is 102 Å². The Kier molecular flexibility index (Phi) is 3.69. The molecular formula is C14H19NO2. The van der Waals surface area contributed by atoms with Crippen LogP contribution in [0.2, 0.25) is 0 Å². The highest BCUT2D eigenvalue weighted by molar-refractivity contribution is 5.69. The number of hydrogen-bond donors (Lipinski definition) is 1.